The second kappa shape index (κ2) is 8.40. The largest absolute Gasteiger partial charge is 0.508 e. The molecule has 154 valence electrons. The van der Waals surface area contributed by atoms with E-state index in [1.165, 1.54) is 13.0 Å². The highest BCUT2D eigenvalue weighted by Crippen LogP contribution is 2.34. The van der Waals surface area contributed by atoms with Crippen molar-refractivity contribution in [2.24, 2.45) is 5.10 Å². The molecule has 5 N–H and O–H groups in total. The van der Waals surface area contributed by atoms with E-state index < -0.39 is 6.35 Å². The van der Waals surface area contributed by atoms with E-state index in [0.717, 1.165) is 5.56 Å². The number of carbonyl (C=O) groups excluding carboxylic acids is 1. The monoisotopic (exact) mass is 398 g/mol. The molecule has 1 heterocycles. The normalized spacial score (nSPS) is 16.0. The van der Waals surface area contributed by atoms with E-state index in [2.05, 4.69) is 15.8 Å². The molecular formula is C21H26N4O4. The van der Waals surface area contributed by atoms with E-state index >= 15 is 0 Å². The molecule has 1 atom stereocenters. The standard InChI is InChI=1S/C21H26N4O4/c1-12(2)16-10-17(19(28)11-18(16)27)20-23-24-21(29)25(20)15-6-4-14(5-7-15)8-9-22-13(3)26/h4-7,10-12,21,24,27-29H,8-9H2,1-3H3,(H,22,26). The Bertz CT molecular complexity index is 925. The third-order valence-electron chi connectivity index (χ3n) is 4.77. The average molecular weight is 398 g/mol. The molecule has 0 bridgehead atoms. The summed E-state index contributed by atoms with van der Waals surface area (Å²) >= 11 is 0. The zero-order chi connectivity index (χ0) is 21.1. The first-order chi connectivity index (χ1) is 13.8. The number of hydrogen-bond acceptors (Lipinski definition) is 7. The van der Waals surface area contributed by atoms with Crippen LogP contribution >= 0.6 is 0 Å². The molecular weight excluding hydrogens is 372 g/mol. The van der Waals surface area contributed by atoms with Gasteiger partial charge in [0, 0.05) is 25.2 Å². The fraction of sp³-hybridized carbons (Fsp3) is 0.333. The van der Waals surface area contributed by atoms with Crippen molar-refractivity contribution in [2.75, 3.05) is 11.4 Å². The molecule has 0 saturated heterocycles. The second-order valence-electron chi connectivity index (χ2n) is 7.29. The van der Waals surface area contributed by atoms with E-state index in [0.29, 0.717) is 35.6 Å². The topological polar surface area (TPSA) is 117 Å². The molecule has 1 aliphatic heterocycles. The molecule has 2 aromatic rings. The summed E-state index contributed by atoms with van der Waals surface area (Å²) < 4.78 is 0. The van der Waals surface area contributed by atoms with E-state index in [1.54, 1.807) is 11.0 Å². The van der Waals surface area contributed by atoms with Crippen molar-refractivity contribution < 1.29 is 20.1 Å². The number of benzene rings is 2. The molecule has 0 saturated carbocycles. The highest BCUT2D eigenvalue weighted by atomic mass is 16.3. The van der Waals surface area contributed by atoms with Gasteiger partial charge in [-0.3, -0.25) is 15.1 Å². The zero-order valence-corrected chi connectivity index (χ0v) is 16.7. The fourth-order valence-corrected chi connectivity index (χ4v) is 3.24. The maximum Gasteiger partial charge on any atom is 0.225 e. The number of anilines is 1. The lowest BCUT2D eigenvalue weighted by Crippen LogP contribution is -2.40. The van der Waals surface area contributed by atoms with Crippen LogP contribution in [0.4, 0.5) is 5.69 Å². The minimum Gasteiger partial charge on any atom is -0.508 e. The van der Waals surface area contributed by atoms with Gasteiger partial charge in [0.25, 0.3) is 0 Å². The number of hydrogen-bond donors (Lipinski definition) is 5. The van der Waals surface area contributed by atoms with Crippen LogP contribution in [0.15, 0.2) is 41.5 Å². The molecule has 0 aliphatic carbocycles. The Labute approximate surface area is 169 Å². The molecule has 1 aliphatic rings. The number of aliphatic hydroxyl groups is 1. The number of carbonyl (C=O) groups is 1. The first-order valence-corrected chi connectivity index (χ1v) is 9.48. The summed E-state index contributed by atoms with van der Waals surface area (Å²) in [6, 6.07) is 10.5. The van der Waals surface area contributed by atoms with Crippen LogP contribution in [0, 0.1) is 0 Å². The number of phenols is 2. The first-order valence-electron chi connectivity index (χ1n) is 9.48. The Hall–Kier alpha value is -3.26. The third-order valence-corrected chi connectivity index (χ3v) is 4.77. The molecule has 2 aromatic carbocycles. The summed E-state index contributed by atoms with van der Waals surface area (Å²) in [4.78, 5) is 12.5. The van der Waals surface area contributed by atoms with E-state index in [4.69, 9.17) is 0 Å². The third kappa shape index (κ3) is 4.43. The van der Waals surface area contributed by atoms with Gasteiger partial charge >= 0.3 is 0 Å². The first kappa shape index (κ1) is 20.5. The van der Waals surface area contributed by atoms with Gasteiger partial charge in [0.1, 0.15) is 11.5 Å². The van der Waals surface area contributed by atoms with Crippen LogP contribution in [0.3, 0.4) is 0 Å². The van der Waals surface area contributed by atoms with Gasteiger partial charge in [-0.1, -0.05) is 26.0 Å². The Kier molecular flexibility index (Phi) is 5.93. The van der Waals surface area contributed by atoms with Crippen molar-refractivity contribution in [3.8, 4) is 11.5 Å². The Morgan fingerprint density at radius 1 is 1.21 bits per heavy atom. The number of aliphatic hydroxyl groups excluding tert-OH is 1. The number of amides is 1. The number of amidine groups is 1. The molecule has 1 amide bonds. The molecule has 0 fully saturated rings. The molecule has 0 radical (unpaired) electrons. The zero-order valence-electron chi connectivity index (χ0n) is 16.7. The van der Waals surface area contributed by atoms with Gasteiger partial charge in [0.2, 0.25) is 12.3 Å². The van der Waals surface area contributed by atoms with Gasteiger partial charge in [0.05, 0.1) is 5.56 Å². The number of nitrogens with zero attached hydrogens (tertiary/aromatic N) is 2. The molecule has 0 aromatic heterocycles. The number of nitrogens with one attached hydrogen (secondary N) is 2. The summed E-state index contributed by atoms with van der Waals surface area (Å²) in [5.41, 5.74) is 5.42. The molecule has 0 spiro atoms. The number of phenolic OH excluding ortho intramolecular Hbond substituents is 2. The van der Waals surface area contributed by atoms with Crippen molar-refractivity contribution >= 4 is 17.4 Å². The second-order valence-corrected chi connectivity index (χ2v) is 7.29. The molecule has 29 heavy (non-hydrogen) atoms. The van der Waals surface area contributed by atoms with Crippen LogP contribution in [0.1, 0.15) is 43.4 Å². The Balaban J connectivity index is 1.87. The van der Waals surface area contributed by atoms with Gasteiger partial charge in [-0.15, -0.1) is 0 Å². The highest BCUT2D eigenvalue weighted by molar-refractivity contribution is 6.12. The minimum absolute atomic E-state index is 0.0171. The SMILES string of the molecule is CC(=O)NCCc1ccc(N2C(c3cc(C(C)C)c(O)cc3O)=NNC2O)cc1. The molecule has 1 unspecified atom stereocenters. The minimum atomic E-state index is -1.09. The van der Waals surface area contributed by atoms with Gasteiger partial charge < -0.3 is 20.6 Å². The van der Waals surface area contributed by atoms with Crippen molar-refractivity contribution in [1.82, 2.24) is 10.7 Å². The summed E-state index contributed by atoms with van der Waals surface area (Å²) in [6.07, 6.45) is -0.399. The number of hydrazone groups is 1. The Morgan fingerprint density at radius 2 is 1.90 bits per heavy atom. The van der Waals surface area contributed by atoms with E-state index in [1.807, 2.05) is 38.1 Å². The number of rotatable bonds is 6. The lowest BCUT2D eigenvalue weighted by atomic mass is 9.98. The van der Waals surface area contributed by atoms with Crippen LogP contribution in [-0.2, 0) is 11.2 Å². The average Bonchev–Trinajstić information content (AvgIpc) is 3.03. The van der Waals surface area contributed by atoms with Crippen LogP contribution in [-0.4, -0.2) is 40.0 Å². The van der Waals surface area contributed by atoms with Crippen LogP contribution in [0.2, 0.25) is 0 Å². The van der Waals surface area contributed by atoms with Crippen LogP contribution in [0.25, 0.3) is 0 Å². The maximum atomic E-state index is 11.0. The fourth-order valence-electron chi connectivity index (χ4n) is 3.24. The van der Waals surface area contributed by atoms with Gasteiger partial charge in [-0.25, -0.2) is 0 Å². The lowest BCUT2D eigenvalue weighted by Gasteiger charge is -2.24. The smallest absolute Gasteiger partial charge is 0.225 e. The molecule has 3 rings (SSSR count). The summed E-state index contributed by atoms with van der Waals surface area (Å²) in [5.74, 6) is 0.221. The lowest BCUT2D eigenvalue weighted by molar-refractivity contribution is -0.118. The van der Waals surface area contributed by atoms with Gasteiger partial charge in [0.15, 0.2) is 5.84 Å². The van der Waals surface area contributed by atoms with Crippen LogP contribution in [0.5, 0.6) is 11.5 Å². The van der Waals surface area contributed by atoms with Gasteiger partial charge in [-0.2, -0.15) is 5.10 Å². The van der Waals surface area contributed by atoms with E-state index in [-0.39, 0.29) is 23.3 Å². The highest BCUT2D eigenvalue weighted by Gasteiger charge is 2.30. The Morgan fingerprint density at radius 3 is 2.52 bits per heavy atom. The summed E-state index contributed by atoms with van der Waals surface area (Å²) in [6.45, 7) is 5.91. The van der Waals surface area contributed by atoms with Crippen molar-refractivity contribution in [3.63, 3.8) is 0 Å². The summed E-state index contributed by atoms with van der Waals surface area (Å²) in [7, 11) is 0. The predicted molar refractivity (Wildman–Crippen MR) is 111 cm³/mol. The number of aromatic hydroxyl groups is 2. The van der Waals surface area contributed by atoms with Crippen molar-refractivity contribution in [1.29, 1.82) is 0 Å². The van der Waals surface area contributed by atoms with Crippen molar-refractivity contribution in [2.45, 2.75) is 39.5 Å². The van der Waals surface area contributed by atoms with Crippen molar-refractivity contribution in [3.05, 3.63) is 53.1 Å². The maximum absolute atomic E-state index is 11.0. The summed E-state index contributed by atoms with van der Waals surface area (Å²) in [5, 5.41) is 37.8. The molecule has 8 heteroatoms. The van der Waals surface area contributed by atoms with Gasteiger partial charge in [-0.05, 0) is 41.7 Å². The molecule has 8 nitrogen and oxygen atoms in total. The van der Waals surface area contributed by atoms with E-state index in [9.17, 15) is 20.1 Å². The quantitative estimate of drug-likeness (QED) is 0.508. The van der Waals surface area contributed by atoms with Crippen LogP contribution < -0.4 is 15.6 Å². The predicted octanol–water partition coefficient (Wildman–Crippen LogP) is 1.95.